The summed E-state index contributed by atoms with van der Waals surface area (Å²) < 4.78 is 5.26. The van der Waals surface area contributed by atoms with Gasteiger partial charge in [-0.15, -0.1) is 0 Å². The van der Waals surface area contributed by atoms with E-state index in [9.17, 15) is 0 Å². The fourth-order valence-electron chi connectivity index (χ4n) is 2.28. The van der Waals surface area contributed by atoms with Gasteiger partial charge in [0, 0.05) is 19.0 Å². The Labute approximate surface area is 129 Å². The molecule has 22 heavy (non-hydrogen) atoms. The van der Waals surface area contributed by atoms with Gasteiger partial charge >= 0.3 is 0 Å². The fourth-order valence-corrected chi connectivity index (χ4v) is 2.28. The number of nitrogens with zero attached hydrogens (tertiary/aromatic N) is 2. The Balaban J connectivity index is 1.90. The van der Waals surface area contributed by atoms with Crippen LogP contribution in [0.2, 0.25) is 0 Å². The Morgan fingerprint density at radius 1 is 1.05 bits per heavy atom. The third kappa shape index (κ3) is 2.93. The molecule has 112 valence electrons. The molecule has 0 radical (unpaired) electrons. The Morgan fingerprint density at radius 3 is 2.59 bits per heavy atom. The van der Waals surface area contributed by atoms with Gasteiger partial charge < -0.3 is 15.4 Å². The lowest BCUT2D eigenvalue weighted by Crippen LogP contribution is -2.06. The Kier molecular flexibility index (Phi) is 4.05. The van der Waals surface area contributed by atoms with E-state index in [2.05, 4.69) is 32.7 Å². The van der Waals surface area contributed by atoms with Gasteiger partial charge in [0.2, 0.25) is 5.95 Å². The van der Waals surface area contributed by atoms with E-state index < -0.39 is 0 Å². The van der Waals surface area contributed by atoms with Crippen molar-refractivity contribution in [1.82, 2.24) is 9.97 Å². The van der Waals surface area contributed by atoms with E-state index in [1.54, 1.807) is 7.11 Å². The molecule has 1 heterocycles. The van der Waals surface area contributed by atoms with Crippen molar-refractivity contribution < 1.29 is 4.74 Å². The molecule has 0 atom stereocenters. The maximum atomic E-state index is 5.26. The van der Waals surface area contributed by atoms with Gasteiger partial charge in [0.15, 0.2) is 0 Å². The smallest absolute Gasteiger partial charge is 0.225 e. The van der Waals surface area contributed by atoms with Crippen LogP contribution < -0.4 is 15.4 Å². The second kappa shape index (κ2) is 6.30. The Morgan fingerprint density at radius 2 is 1.86 bits per heavy atom. The predicted molar refractivity (Wildman–Crippen MR) is 89.4 cm³/mol. The van der Waals surface area contributed by atoms with Gasteiger partial charge in [-0.1, -0.05) is 30.3 Å². The molecule has 0 saturated heterocycles. The van der Waals surface area contributed by atoms with Crippen molar-refractivity contribution in [1.29, 1.82) is 0 Å². The molecular weight excluding hydrogens is 276 g/mol. The van der Waals surface area contributed by atoms with Crippen LogP contribution in [0.5, 0.6) is 5.75 Å². The number of nitrogens with one attached hydrogen (secondary N) is 2. The van der Waals surface area contributed by atoms with Gasteiger partial charge in [-0.2, -0.15) is 4.98 Å². The number of aromatic nitrogens is 2. The van der Waals surface area contributed by atoms with E-state index in [0.29, 0.717) is 12.5 Å². The molecule has 0 fully saturated rings. The molecule has 0 aliphatic heterocycles. The van der Waals surface area contributed by atoms with Crippen molar-refractivity contribution in [3.8, 4) is 5.75 Å². The normalized spacial score (nSPS) is 10.5. The largest absolute Gasteiger partial charge is 0.497 e. The fraction of sp³-hybridized carbons (Fsp3) is 0.176. The monoisotopic (exact) mass is 294 g/mol. The first kappa shape index (κ1) is 14.1. The summed E-state index contributed by atoms with van der Waals surface area (Å²) in [6, 6.07) is 15.9. The van der Waals surface area contributed by atoms with Crippen LogP contribution in [0.25, 0.3) is 10.9 Å². The van der Waals surface area contributed by atoms with Crippen molar-refractivity contribution in [3.63, 3.8) is 0 Å². The van der Waals surface area contributed by atoms with E-state index in [1.807, 2.05) is 43.4 Å². The number of hydrogen-bond donors (Lipinski definition) is 2. The van der Waals surface area contributed by atoms with Gasteiger partial charge in [0.05, 0.1) is 12.6 Å². The molecule has 0 bridgehead atoms. The standard InChI is InChI=1S/C17H18N4O/c1-18-16-14-10-13(22-2)8-9-15(14)20-17(21-16)19-11-12-6-4-3-5-7-12/h3-10H,11H2,1-2H3,(H2,18,19,20,21). The van der Waals surface area contributed by atoms with Crippen LogP contribution in [0.3, 0.4) is 0 Å². The zero-order valence-corrected chi connectivity index (χ0v) is 12.6. The average Bonchev–Trinajstić information content (AvgIpc) is 2.59. The number of benzene rings is 2. The number of fused-ring (bicyclic) bond motifs is 1. The first-order valence-corrected chi connectivity index (χ1v) is 7.11. The molecule has 0 saturated carbocycles. The lowest BCUT2D eigenvalue weighted by atomic mass is 10.2. The first-order valence-electron chi connectivity index (χ1n) is 7.11. The van der Waals surface area contributed by atoms with Gasteiger partial charge in [-0.3, -0.25) is 0 Å². The molecule has 2 N–H and O–H groups in total. The van der Waals surface area contributed by atoms with Crippen LogP contribution in [0.15, 0.2) is 48.5 Å². The lowest BCUT2D eigenvalue weighted by molar-refractivity contribution is 0.415. The summed E-state index contributed by atoms with van der Waals surface area (Å²) in [5, 5.41) is 7.31. The van der Waals surface area contributed by atoms with Crippen molar-refractivity contribution in [2.45, 2.75) is 6.54 Å². The topological polar surface area (TPSA) is 59.1 Å². The number of methoxy groups -OCH3 is 1. The SMILES string of the molecule is CNc1nc(NCc2ccccc2)nc2ccc(OC)cc12. The molecule has 0 aliphatic carbocycles. The van der Waals surface area contributed by atoms with Gasteiger partial charge in [0.1, 0.15) is 11.6 Å². The molecule has 2 aromatic carbocycles. The molecule has 3 rings (SSSR count). The molecule has 5 heteroatoms. The molecule has 1 aromatic heterocycles. The average molecular weight is 294 g/mol. The zero-order valence-electron chi connectivity index (χ0n) is 12.6. The van der Waals surface area contributed by atoms with Gasteiger partial charge in [-0.05, 0) is 23.8 Å². The summed E-state index contributed by atoms with van der Waals surface area (Å²) in [6.07, 6.45) is 0. The minimum Gasteiger partial charge on any atom is -0.497 e. The summed E-state index contributed by atoms with van der Waals surface area (Å²) in [5.41, 5.74) is 2.06. The quantitative estimate of drug-likeness (QED) is 0.756. The molecule has 5 nitrogen and oxygen atoms in total. The third-order valence-corrected chi connectivity index (χ3v) is 3.43. The first-order chi connectivity index (χ1) is 10.8. The highest BCUT2D eigenvalue weighted by Crippen LogP contribution is 2.26. The molecule has 0 amide bonds. The minimum atomic E-state index is 0.603. The van der Waals surface area contributed by atoms with E-state index >= 15 is 0 Å². The van der Waals surface area contributed by atoms with E-state index in [4.69, 9.17) is 4.74 Å². The van der Waals surface area contributed by atoms with Crippen LogP contribution in [0.1, 0.15) is 5.56 Å². The molecule has 0 aliphatic rings. The summed E-state index contributed by atoms with van der Waals surface area (Å²) in [6.45, 7) is 0.686. The number of anilines is 2. The van der Waals surface area contributed by atoms with E-state index in [1.165, 1.54) is 5.56 Å². The summed E-state index contributed by atoms with van der Waals surface area (Å²) in [7, 11) is 3.50. The van der Waals surface area contributed by atoms with Crippen molar-refractivity contribution in [2.24, 2.45) is 0 Å². The molecular formula is C17H18N4O. The Hall–Kier alpha value is -2.82. The van der Waals surface area contributed by atoms with Gasteiger partial charge in [-0.25, -0.2) is 4.98 Å². The van der Waals surface area contributed by atoms with E-state index in [0.717, 1.165) is 22.5 Å². The summed E-state index contributed by atoms with van der Waals surface area (Å²) >= 11 is 0. The minimum absolute atomic E-state index is 0.603. The second-order valence-corrected chi connectivity index (χ2v) is 4.87. The van der Waals surface area contributed by atoms with Crippen molar-refractivity contribution in [2.75, 3.05) is 24.8 Å². The number of hydrogen-bond acceptors (Lipinski definition) is 5. The highest BCUT2D eigenvalue weighted by molar-refractivity contribution is 5.91. The van der Waals surface area contributed by atoms with Crippen LogP contribution in [0.4, 0.5) is 11.8 Å². The molecule has 0 spiro atoms. The molecule has 0 unspecified atom stereocenters. The maximum Gasteiger partial charge on any atom is 0.225 e. The maximum absolute atomic E-state index is 5.26. The lowest BCUT2D eigenvalue weighted by Gasteiger charge is -2.10. The zero-order chi connectivity index (χ0) is 15.4. The summed E-state index contributed by atoms with van der Waals surface area (Å²) in [4.78, 5) is 9.08. The van der Waals surface area contributed by atoms with Crippen LogP contribution in [-0.4, -0.2) is 24.1 Å². The highest BCUT2D eigenvalue weighted by atomic mass is 16.5. The predicted octanol–water partition coefficient (Wildman–Crippen LogP) is 3.29. The summed E-state index contributed by atoms with van der Waals surface area (Å²) in [5.74, 6) is 2.17. The van der Waals surface area contributed by atoms with Crippen molar-refractivity contribution in [3.05, 3.63) is 54.1 Å². The van der Waals surface area contributed by atoms with Crippen molar-refractivity contribution >= 4 is 22.7 Å². The van der Waals surface area contributed by atoms with Gasteiger partial charge in [0.25, 0.3) is 0 Å². The number of ether oxygens (including phenoxy) is 1. The second-order valence-electron chi connectivity index (χ2n) is 4.87. The number of rotatable bonds is 5. The highest BCUT2D eigenvalue weighted by Gasteiger charge is 2.08. The van der Waals surface area contributed by atoms with Crippen LogP contribution in [0, 0.1) is 0 Å². The van der Waals surface area contributed by atoms with Crippen LogP contribution in [-0.2, 0) is 6.54 Å². The van der Waals surface area contributed by atoms with E-state index in [-0.39, 0.29) is 0 Å². The third-order valence-electron chi connectivity index (χ3n) is 3.43. The Bertz CT molecular complexity index is 774. The van der Waals surface area contributed by atoms with Crippen LogP contribution >= 0.6 is 0 Å². The molecule has 3 aromatic rings.